The Balaban J connectivity index is 0.000000171. The summed E-state index contributed by atoms with van der Waals surface area (Å²) in [5, 5.41) is -0.0987. The Kier molecular flexibility index (Phi) is 10.2. The van der Waals surface area contributed by atoms with E-state index in [-0.39, 0.29) is 5.16 Å². The maximum Gasteiger partial charge on any atom is 0.241 e. The second-order valence-corrected chi connectivity index (χ2v) is 12.4. The highest BCUT2D eigenvalue weighted by Crippen LogP contribution is 2.34. The number of hydrogen-bond acceptors (Lipinski definition) is 1. The molecule has 0 aliphatic rings. The first kappa shape index (κ1) is 28.8. The molecule has 6 aromatic rings. The third kappa shape index (κ3) is 6.79. The van der Waals surface area contributed by atoms with E-state index in [0.29, 0.717) is 6.71 Å². The van der Waals surface area contributed by atoms with Crippen LogP contribution in [0.25, 0.3) is 0 Å². The van der Waals surface area contributed by atoms with Crippen molar-refractivity contribution in [1.82, 2.24) is 9.55 Å². The van der Waals surface area contributed by atoms with E-state index in [1.165, 1.54) is 27.5 Å². The van der Waals surface area contributed by atoms with Gasteiger partial charge in [0.2, 0.25) is 6.71 Å². The molecule has 0 atom stereocenters. The zero-order valence-corrected chi connectivity index (χ0v) is 25.6. The molecule has 0 spiro atoms. The minimum Gasteiger partial charge on any atom is -0.327 e. The van der Waals surface area contributed by atoms with Crippen molar-refractivity contribution < 1.29 is 0 Å². The van der Waals surface area contributed by atoms with Gasteiger partial charge in [-0.2, -0.15) is 0 Å². The number of allylic oxidation sites excluding steroid dienone is 2. The molecular formula is C38H37BN2Si. The first-order valence-electron chi connectivity index (χ1n) is 14.7. The first-order chi connectivity index (χ1) is 20.8. The van der Waals surface area contributed by atoms with Crippen LogP contribution in [-0.2, 0) is 5.16 Å². The van der Waals surface area contributed by atoms with Gasteiger partial charge in [-0.25, -0.2) is 4.98 Å². The molecule has 0 bridgehead atoms. The minimum atomic E-state index is -0.522. The summed E-state index contributed by atoms with van der Waals surface area (Å²) in [5.74, 6) is 0. The molecule has 0 saturated carbocycles. The number of aromatic nitrogens is 2. The number of benzene rings is 5. The van der Waals surface area contributed by atoms with Gasteiger partial charge < -0.3 is 4.57 Å². The van der Waals surface area contributed by atoms with Crippen molar-refractivity contribution >= 4 is 32.6 Å². The average molecular weight is 561 g/mol. The van der Waals surface area contributed by atoms with Gasteiger partial charge in [0.05, 0.1) is 21.0 Å². The molecule has 206 valence electrons. The summed E-state index contributed by atoms with van der Waals surface area (Å²) in [6.45, 7) is 2.40. The molecule has 0 saturated heterocycles. The number of hydrogen-bond donors (Lipinski definition) is 0. The lowest BCUT2D eigenvalue weighted by Gasteiger charge is -2.36. The van der Waals surface area contributed by atoms with Crippen molar-refractivity contribution in [2.24, 2.45) is 0 Å². The standard InChI is InChI=1S/C20H22N2Si.C18H15B/c1-2-3-16-23-20(22-15-14-21-17-22,18-10-6-4-7-11-18)19-12-8-5-9-13-19;1-4-10-16(11-5-1)19(17-12-6-2-7-13-17)18-14-8-3-9-15-18/h2-15,17H,16,23H2,1H3;1-15H. The van der Waals surface area contributed by atoms with Gasteiger partial charge in [-0.15, -0.1) is 0 Å². The van der Waals surface area contributed by atoms with Crippen LogP contribution in [0.3, 0.4) is 0 Å². The first-order valence-corrected chi connectivity index (χ1v) is 16.4. The molecule has 6 rings (SSSR count). The molecule has 0 amide bonds. The fourth-order valence-electron chi connectivity index (χ4n) is 5.77. The van der Waals surface area contributed by atoms with Gasteiger partial charge in [0.1, 0.15) is 0 Å². The molecule has 0 fully saturated rings. The molecule has 42 heavy (non-hydrogen) atoms. The fraction of sp³-hybridized carbons (Fsp3) is 0.0789. The maximum absolute atomic E-state index is 4.33. The fourth-order valence-corrected chi connectivity index (χ4v) is 8.18. The summed E-state index contributed by atoms with van der Waals surface area (Å²) >= 11 is 0. The van der Waals surface area contributed by atoms with Gasteiger partial charge >= 0.3 is 0 Å². The number of rotatable bonds is 9. The van der Waals surface area contributed by atoms with E-state index in [2.05, 4.69) is 186 Å². The number of nitrogens with zero attached hydrogens (tertiary/aromatic N) is 2. The van der Waals surface area contributed by atoms with Crippen molar-refractivity contribution in [2.45, 2.75) is 18.1 Å². The Morgan fingerprint density at radius 2 is 1.02 bits per heavy atom. The Morgan fingerprint density at radius 3 is 1.38 bits per heavy atom. The second kappa shape index (κ2) is 14.8. The molecule has 0 aliphatic heterocycles. The Morgan fingerprint density at radius 1 is 0.619 bits per heavy atom. The second-order valence-electron chi connectivity index (χ2n) is 10.3. The lowest BCUT2D eigenvalue weighted by Crippen LogP contribution is -2.51. The van der Waals surface area contributed by atoms with Gasteiger partial charge in [-0.3, -0.25) is 0 Å². The highest BCUT2D eigenvalue weighted by molar-refractivity contribution is 6.95. The summed E-state index contributed by atoms with van der Waals surface area (Å²) in [4.78, 5) is 4.33. The van der Waals surface area contributed by atoms with Gasteiger partial charge in [0.15, 0.2) is 0 Å². The highest BCUT2D eigenvalue weighted by atomic mass is 28.2. The summed E-state index contributed by atoms with van der Waals surface area (Å²) in [5.41, 5.74) is 6.69. The van der Waals surface area contributed by atoms with Gasteiger partial charge in [-0.05, 0) is 24.1 Å². The number of imidazole rings is 1. The molecule has 1 heterocycles. The van der Waals surface area contributed by atoms with Crippen LogP contribution >= 0.6 is 0 Å². The van der Waals surface area contributed by atoms with E-state index in [0.717, 1.165) is 6.04 Å². The highest BCUT2D eigenvalue weighted by Gasteiger charge is 2.35. The van der Waals surface area contributed by atoms with Gasteiger partial charge in [0, 0.05) is 12.4 Å². The van der Waals surface area contributed by atoms with Crippen LogP contribution in [0.15, 0.2) is 183 Å². The maximum atomic E-state index is 4.33. The zero-order valence-electron chi connectivity index (χ0n) is 24.2. The van der Waals surface area contributed by atoms with Crippen LogP contribution in [-0.4, -0.2) is 25.8 Å². The smallest absolute Gasteiger partial charge is 0.241 e. The molecule has 0 N–H and O–H groups in total. The average Bonchev–Trinajstić information content (AvgIpc) is 3.62. The van der Waals surface area contributed by atoms with Crippen molar-refractivity contribution in [2.75, 3.05) is 0 Å². The molecule has 1 aromatic heterocycles. The Labute approximate surface area is 253 Å². The molecular weight excluding hydrogens is 523 g/mol. The van der Waals surface area contributed by atoms with Gasteiger partial charge in [-0.1, -0.05) is 180 Å². The van der Waals surface area contributed by atoms with Crippen molar-refractivity contribution in [1.29, 1.82) is 0 Å². The van der Waals surface area contributed by atoms with Crippen LogP contribution in [0, 0.1) is 0 Å². The summed E-state index contributed by atoms with van der Waals surface area (Å²) in [6, 6.07) is 54.9. The quantitative estimate of drug-likeness (QED) is 0.157. The van der Waals surface area contributed by atoms with E-state index in [9.17, 15) is 0 Å². The van der Waals surface area contributed by atoms with E-state index < -0.39 is 9.52 Å². The lowest BCUT2D eigenvalue weighted by molar-refractivity contribution is 0.592. The van der Waals surface area contributed by atoms with Crippen molar-refractivity contribution in [3.8, 4) is 0 Å². The third-order valence-corrected chi connectivity index (χ3v) is 10.3. The molecule has 0 aliphatic carbocycles. The van der Waals surface area contributed by atoms with Crippen LogP contribution in [0.1, 0.15) is 18.1 Å². The Bertz CT molecular complexity index is 1470. The predicted octanol–water partition coefficient (Wildman–Crippen LogP) is 6.00. The monoisotopic (exact) mass is 560 g/mol. The van der Waals surface area contributed by atoms with Gasteiger partial charge in [0.25, 0.3) is 0 Å². The van der Waals surface area contributed by atoms with E-state index >= 15 is 0 Å². The van der Waals surface area contributed by atoms with Crippen molar-refractivity contribution in [3.05, 3.63) is 194 Å². The predicted molar refractivity (Wildman–Crippen MR) is 183 cm³/mol. The minimum absolute atomic E-state index is 0.0987. The topological polar surface area (TPSA) is 17.8 Å². The zero-order chi connectivity index (χ0) is 28.9. The van der Waals surface area contributed by atoms with Crippen molar-refractivity contribution in [3.63, 3.8) is 0 Å². The van der Waals surface area contributed by atoms with E-state index in [1.54, 1.807) is 0 Å². The lowest BCUT2D eigenvalue weighted by atomic mass is 9.37. The third-order valence-electron chi connectivity index (χ3n) is 7.76. The molecule has 0 unspecified atom stereocenters. The SMILES string of the molecule is CC=CC[SiH2]C(c1ccccc1)(c1ccccc1)n1ccnc1.c1ccc(B(c2ccccc2)c2ccccc2)cc1. The van der Waals surface area contributed by atoms with E-state index in [4.69, 9.17) is 0 Å². The molecule has 0 radical (unpaired) electrons. The van der Waals surface area contributed by atoms with Crippen LogP contribution in [0.4, 0.5) is 0 Å². The molecule has 2 nitrogen and oxygen atoms in total. The summed E-state index contributed by atoms with van der Waals surface area (Å²) in [6.07, 6.45) is 10.4. The summed E-state index contributed by atoms with van der Waals surface area (Å²) in [7, 11) is -0.522. The summed E-state index contributed by atoms with van der Waals surface area (Å²) < 4.78 is 2.30. The normalized spacial score (nSPS) is 11.4. The molecule has 5 aromatic carbocycles. The molecule has 4 heteroatoms. The van der Waals surface area contributed by atoms with E-state index in [1.807, 2.05) is 12.5 Å². The van der Waals surface area contributed by atoms with Crippen LogP contribution in [0.5, 0.6) is 0 Å². The van der Waals surface area contributed by atoms with Crippen LogP contribution in [0.2, 0.25) is 6.04 Å². The van der Waals surface area contributed by atoms with Crippen LogP contribution < -0.4 is 16.4 Å². The largest absolute Gasteiger partial charge is 0.327 e. The Hall–Kier alpha value is -4.67.